The van der Waals surface area contributed by atoms with E-state index in [2.05, 4.69) is 30.7 Å². The summed E-state index contributed by atoms with van der Waals surface area (Å²) in [4.78, 5) is 25.5. The van der Waals surface area contributed by atoms with Gasteiger partial charge in [0, 0.05) is 11.8 Å². The molecule has 0 aliphatic heterocycles. The lowest BCUT2D eigenvalue weighted by Gasteiger charge is -2.30. The van der Waals surface area contributed by atoms with E-state index >= 15 is 0 Å². The summed E-state index contributed by atoms with van der Waals surface area (Å²) >= 11 is 0. The van der Waals surface area contributed by atoms with Crippen LogP contribution in [0.5, 0.6) is 0 Å². The van der Waals surface area contributed by atoms with Gasteiger partial charge in [0.25, 0.3) is 0 Å². The van der Waals surface area contributed by atoms with Crippen LogP contribution in [-0.2, 0) is 10.2 Å². The Morgan fingerprint density at radius 1 is 1.13 bits per heavy atom. The lowest BCUT2D eigenvalue weighted by Crippen LogP contribution is -2.28. The lowest BCUT2D eigenvalue weighted by atomic mass is 9.77. The van der Waals surface area contributed by atoms with Crippen molar-refractivity contribution in [3.05, 3.63) is 36.2 Å². The van der Waals surface area contributed by atoms with Crippen molar-refractivity contribution >= 4 is 11.4 Å². The van der Waals surface area contributed by atoms with Gasteiger partial charge < -0.3 is 0 Å². The molecular formula is C19H27N3O. The van der Waals surface area contributed by atoms with Crippen LogP contribution < -0.4 is 0 Å². The molecule has 0 fully saturated rings. The number of unbranched alkanes of at least 4 members (excludes halogenated alkanes) is 2. The van der Waals surface area contributed by atoms with Gasteiger partial charge in [-0.1, -0.05) is 52.2 Å². The Hall–Kier alpha value is -1.84. The number of hydrogen-bond donors (Lipinski definition) is 0. The van der Waals surface area contributed by atoms with Gasteiger partial charge in [-0.3, -0.25) is 4.79 Å². The van der Waals surface area contributed by atoms with Crippen LogP contribution in [0.2, 0.25) is 0 Å². The molecule has 0 N–H and O–H groups in total. The fourth-order valence-corrected chi connectivity index (χ4v) is 3.17. The molecule has 2 rings (SSSR count). The Balaban J connectivity index is 2.33. The largest absolute Gasteiger partial charge is 0.294 e. The van der Waals surface area contributed by atoms with Crippen molar-refractivity contribution in [1.29, 1.82) is 0 Å². The van der Waals surface area contributed by atoms with Gasteiger partial charge in [0.05, 0.1) is 5.57 Å². The topological polar surface area (TPSA) is 55.7 Å². The summed E-state index contributed by atoms with van der Waals surface area (Å²) < 4.78 is 0. The van der Waals surface area contributed by atoms with Crippen molar-refractivity contribution < 1.29 is 4.79 Å². The zero-order valence-corrected chi connectivity index (χ0v) is 14.5. The summed E-state index contributed by atoms with van der Waals surface area (Å²) in [5, 5.41) is 0. The van der Waals surface area contributed by atoms with Crippen LogP contribution in [0.1, 0.15) is 77.4 Å². The molecular weight excluding hydrogens is 286 g/mol. The van der Waals surface area contributed by atoms with E-state index in [1.807, 2.05) is 18.2 Å². The fraction of sp³-hybridized carbons (Fsp3) is 0.579. The maximum absolute atomic E-state index is 12.1. The molecule has 1 aromatic heterocycles. The summed E-state index contributed by atoms with van der Waals surface area (Å²) in [6, 6.07) is 0. The Morgan fingerprint density at radius 3 is 2.57 bits per heavy atom. The van der Waals surface area contributed by atoms with Crippen LogP contribution in [0.4, 0.5) is 0 Å². The van der Waals surface area contributed by atoms with E-state index in [0.29, 0.717) is 17.8 Å². The van der Waals surface area contributed by atoms with Crippen LogP contribution in [0.15, 0.2) is 24.6 Å². The molecule has 0 saturated carbocycles. The van der Waals surface area contributed by atoms with Crippen molar-refractivity contribution in [3.8, 4) is 0 Å². The van der Waals surface area contributed by atoms with Crippen LogP contribution in [0.25, 0.3) is 5.57 Å². The Labute approximate surface area is 139 Å². The number of carbonyl (C=O) groups is 1. The summed E-state index contributed by atoms with van der Waals surface area (Å²) in [7, 11) is 0. The van der Waals surface area contributed by atoms with Crippen molar-refractivity contribution in [2.45, 2.75) is 71.1 Å². The number of hydrogen-bond acceptors (Lipinski definition) is 4. The van der Waals surface area contributed by atoms with E-state index in [1.165, 1.54) is 19.3 Å². The lowest BCUT2D eigenvalue weighted by molar-refractivity contribution is -0.113. The molecule has 23 heavy (non-hydrogen) atoms. The van der Waals surface area contributed by atoms with Crippen molar-refractivity contribution in [2.24, 2.45) is 0 Å². The van der Waals surface area contributed by atoms with Gasteiger partial charge >= 0.3 is 0 Å². The Bertz CT molecular complexity index is 600. The first-order valence-corrected chi connectivity index (χ1v) is 8.76. The predicted molar refractivity (Wildman–Crippen MR) is 93.0 cm³/mol. The highest BCUT2D eigenvalue weighted by Gasteiger charge is 2.32. The molecule has 4 heteroatoms. The molecule has 0 aromatic carbocycles. The average Bonchev–Trinajstić information content (AvgIpc) is 2.60. The zero-order valence-electron chi connectivity index (χ0n) is 14.5. The smallest absolute Gasteiger partial charge is 0.170 e. The standard InChI is InChI=1S/C19H27N3O/c1-4-7-10-13-19(5-2,6-3)18-21-14-20-17(22-18)15-11-8-9-12-16(15)23/h8-9,11,14H,4-7,10,12-13H2,1-3H3. The van der Waals surface area contributed by atoms with E-state index in [0.717, 1.165) is 25.1 Å². The zero-order chi connectivity index (χ0) is 16.7. The maximum atomic E-state index is 12.1. The normalized spacial score (nSPS) is 14.9. The summed E-state index contributed by atoms with van der Waals surface area (Å²) in [6.45, 7) is 6.62. The van der Waals surface area contributed by atoms with E-state index in [1.54, 1.807) is 6.33 Å². The van der Waals surface area contributed by atoms with Gasteiger partial charge in [-0.2, -0.15) is 0 Å². The van der Waals surface area contributed by atoms with E-state index in [-0.39, 0.29) is 11.2 Å². The molecule has 0 spiro atoms. The monoisotopic (exact) mass is 313 g/mol. The third kappa shape index (κ3) is 3.92. The molecule has 0 bridgehead atoms. The highest BCUT2D eigenvalue weighted by Crippen LogP contribution is 2.35. The molecule has 4 nitrogen and oxygen atoms in total. The third-order valence-electron chi connectivity index (χ3n) is 4.90. The third-order valence-corrected chi connectivity index (χ3v) is 4.90. The van der Waals surface area contributed by atoms with Gasteiger partial charge in [-0.15, -0.1) is 0 Å². The number of aromatic nitrogens is 3. The number of nitrogens with zero attached hydrogens (tertiary/aromatic N) is 3. The summed E-state index contributed by atoms with van der Waals surface area (Å²) in [5.74, 6) is 1.44. The van der Waals surface area contributed by atoms with Gasteiger partial charge in [-0.25, -0.2) is 15.0 Å². The number of ketones is 1. The molecule has 124 valence electrons. The molecule has 0 amide bonds. The van der Waals surface area contributed by atoms with Gasteiger partial charge in [0.2, 0.25) is 0 Å². The highest BCUT2D eigenvalue weighted by atomic mass is 16.1. The van der Waals surface area contributed by atoms with Crippen LogP contribution >= 0.6 is 0 Å². The van der Waals surface area contributed by atoms with Crippen LogP contribution in [0, 0.1) is 0 Å². The number of rotatable bonds is 8. The Morgan fingerprint density at radius 2 is 1.91 bits per heavy atom. The minimum absolute atomic E-state index is 0.0129. The van der Waals surface area contributed by atoms with Gasteiger partial charge in [-0.05, 0) is 25.3 Å². The highest BCUT2D eigenvalue weighted by molar-refractivity contribution is 6.21. The van der Waals surface area contributed by atoms with E-state index < -0.39 is 0 Å². The predicted octanol–water partition coefficient (Wildman–Crippen LogP) is 4.42. The van der Waals surface area contributed by atoms with Gasteiger partial charge in [0.1, 0.15) is 12.2 Å². The van der Waals surface area contributed by atoms with Gasteiger partial charge in [0.15, 0.2) is 11.6 Å². The number of Topliss-reactive ketones (excluding diaryl/α,β-unsaturated/α-hetero) is 1. The van der Waals surface area contributed by atoms with Crippen LogP contribution in [-0.4, -0.2) is 20.7 Å². The molecule has 0 saturated heterocycles. The van der Waals surface area contributed by atoms with Crippen molar-refractivity contribution in [1.82, 2.24) is 15.0 Å². The summed E-state index contributed by atoms with van der Waals surface area (Å²) in [6.07, 6.45) is 14.3. The first-order chi connectivity index (χ1) is 11.2. The molecule has 1 aromatic rings. The quantitative estimate of drug-likeness (QED) is 0.667. The fourth-order valence-electron chi connectivity index (χ4n) is 3.17. The number of carbonyl (C=O) groups excluding carboxylic acids is 1. The van der Waals surface area contributed by atoms with Crippen molar-refractivity contribution in [3.63, 3.8) is 0 Å². The maximum Gasteiger partial charge on any atom is 0.170 e. The van der Waals surface area contributed by atoms with E-state index in [9.17, 15) is 4.79 Å². The molecule has 1 heterocycles. The second-order valence-corrected chi connectivity index (χ2v) is 6.21. The second kappa shape index (κ2) is 8.14. The molecule has 1 aliphatic carbocycles. The summed E-state index contributed by atoms with van der Waals surface area (Å²) in [5.41, 5.74) is 0.590. The van der Waals surface area contributed by atoms with E-state index in [4.69, 9.17) is 4.98 Å². The molecule has 0 unspecified atom stereocenters. The van der Waals surface area contributed by atoms with Crippen LogP contribution in [0.3, 0.4) is 0 Å². The second-order valence-electron chi connectivity index (χ2n) is 6.21. The SMILES string of the molecule is CCCCCC(CC)(CC)c1ncnc(C2=CC=CCC2=O)n1. The minimum atomic E-state index is -0.0129. The molecule has 1 aliphatic rings. The molecule has 0 radical (unpaired) electrons. The average molecular weight is 313 g/mol. The number of allylic oxidation sites excluding steroid dienone is 4. The first kappa shape index (κ1) is 17.5. The first-order valence-electron chi connectivity index (χ1n) is 8.76. The molecule has 0 atom stereocenters. The minimum Gasteiger partial charge on any atom is -0.294 e. The van der Waals surface area contributed by atoms with Crippen molar-refractivity contribution in [2.75, 3.05) is 0 Å². The Kier molecular flexibility index (Phi) is 6.20.